The normalized spacial score (nSPS) is 28.6. The molecule has 3 rings (SSSR count). The van der Waals surface area contributed by atoms with E-state index in [2.05, 4.69) is 17.1 Å². The van der Waals surface area contributed by atoms with Crippen molar-refractivity contribution in [3.05, 3.63) is 34.6 Å². The summed E-state index contributed by atoms with van der Waals surface area (Å²) in [5, 5.41) is 3.83. The summed E-state index contributed by atoms with van der Waals surface area (Å²) in [6, 6.07) is 6.17. The first-order valence-electron chi connectivity index (χ1n) is 7.05. The molecule has 0 bridgehead atoms. The minimum absolute atomic E-state index is 0.281. The molecule has 1 aliphatic carbocycles. The van der Waals surface area contributed by atoms with Gasteiger partial charge in [0.15, 0.2) is 0 Å². The number of halogens is 2. The highest BCUT2D eigenvalue weighted by Gasteiger charge is 2.38. The van der Waals surface area contributed by atoms with E-state index < -0.39 is 0 Å². The molecule has 1 aliphatic heterocycles. The fraction of sp³-hybridized carbons (Fsp3) is 0.600. The Labute approximate surface area is 118 Å². The third-order valence-corrected chi connectivity index (χ3v) is 4.65. The predicted octanol–water partition coefficient (Wildman–Crippen LogP) is 3.05. The standard InChI is InChI=1S/C15H20ClFN2/c1-10-8-19(14(7-18-10)11-5-6-11)9-12-3-2-4-13(17)15(12)16/h2-4,10-11,14,18H,5-9H2,1H3. The lowest BCUT2D eigenvalue weighted by Gasteiger charge is -2.40. The Hall–Kier alpha value is -0.640. The lowest BCUT2D eigenvalue weighted by Crippen LogP contribution is -2.55. The molecule has 1 N–H and O–H groups in total. The Morgan fingerprint density at radius 1 is 1.42 bits per heavy atom. The smallest absolute Gasteiger partial charge is 0.142 e. The monoisotopic (exact) mass is 282 g/mol. The highest BCUT2D eigenvalue weighted by molar-refractivity contribution is 6.31. The van der Waals surface area contributed by atoms with Crippen molar-refractivity contribution >= 4 is 11.6 Å². The summed E-state index contributed by atoms with van der Waals surface area (Å²) in [6.07, 6.45) is 2.65. The third kappa shape index (κ3) is 2.93. The summed E-state index contributed by atoms with van der Waals surface area (Å²) in [5.41, 5.74) is 0.904. The Bertz CT molecular complexity index is 461. The molecule has 1 saturated heterocycles. The second-order valence-corrected chi connectivity index (χ2v) is 6.23. The summed E-state index contributed by atoms with van der Waals surface area (Å²) < 4.78 is 13.5. The van der Waals surface area contributed by atoms with Gasteiger partial charge in [0.2, 0.25) is 0 Å². The lowest BCUT2D eigenvalue weighted by molar-refractivity contribution is 0.112. The Morgan fingerprint density at radius 3 is 2.95 bits per heavy atom. The SMILES string of the molecule is CC1CN(Cc2cccc(F)c2Cl)C(C2CC2)CN1. The van der Waals surface area contributed by atoms with Crippen LogP contribution in [0.2, 0.25) is 5.02 Å². The highest BCUT2D eigenvalue weighted by atomic mass is 35.5. The molecule has 4 heteroatoms. The van der Waals surface area contributed by atoms with E-state index in [0.717, 1.165) is 31.1 Å². The van der Waals surface area contributed by atoms with E-state index in [1.807, 2.05) is 6.07 Å². The van der Waals surface area contributed by atoms with E-state index in [4.69, 9.17) is 11.6 Å². The van der Waals surface area contributed by atoms with Gasteiger partial charge in [-0.2, -0.15) is 0 Å². The lowest BCUT2D eigenvalue weighted by atomic mass is 10.0. The Morgan fingerprint density at radius 2 is 2.21 bits per heavy atom. The van der Waals surface area contributed by atoms with E-state index >= 15 is 0 Å². The van der Waals surface area contributed by atoms with Crippen LogP contribution >= 0.6 is 11.6 Å². The van der Waals surface area contributed by atoms with Gasteiger partial charge in [0.25, 0.3) is 0 Å². The summed E-state index contributed by atoms with van der Waals surface area (Å²) in [7, 11) is 0. The van der Waals surface area contributed by atoms with Gasteiger partial charge in [-0.1, -0.05) is 23.7 Å². The molecule has 2 unspecified atom stereocenters. The molecular weight excluding hydrogens is 263 g/mol. The van der Waals surface area contributed by atoms with Crippen molar-refractivity contribution < 1.29 is 4.39 Å². The number of hydrogen-bond donors (Lipinski definition) is 1. The van der Waals surface area contributed by atoms with Crippen molar-refractivity contribution in [1.82, 2.24) is 10.2 Å². The fourth-order valence-corrected chi connectivity index (χ4v) is 3.21. The molecule has 1 aromatic rings. The van der Waals surface area contributed by atoms with Crippen LogP contribution in [0.15, 0.2) is 18.2 Å². The molecule has 104 valence electrons. The minimum atomic E-state index is -0.315. The predicted molar refractivity (Wildman–Crippen MR) is 75.8 cm³/mol. The van der Waals surface area contributed by atoms with Gasteiger partial charge >= 0.3 is 0 Å². The Balaban J connectivity index is 1.77. The van der Waals surface area contributed by atoms with Crippen molar-refractivity contribution in [2.24, 2.45) is 5.92 Å². The van der Waals surface area contributed by atoms with Crippen LogP contribution in [-0.2, 0) is 6.54 Å². The van der Waals surface area contributed by atoms with Gasteiger partial charge < -0.3 is 5.32 Å². The topological polar surface area (TPSA) is 15.3 Å². The van der Waals surface area contributed by atoms with Crippen molar-refractivity contribution in [1.29, 1.82) is 0 Å². The molecular formula is C15H20ClFN2. The van der Waals surface area contributed by atoms with Gasteiger partial charge in [-0.25, -0.2) is 4.39 Å². The summed E-state index contributed by atoms with van der Waals surface area (Å²) >= 11 is 6.07. The molecule has 0 amide bonds. The summed E-state index contributed by atoms with van der Waals surface area (Å²) in [6.45, 7) is 5.00. The van der Waals surface area contributed by atoms with Crippen molar-refractivity contribution in [3.63, 3.8) is 0 Å². The Kier molecular flexibility index (Phi) is 3.79. The summed E-state index contributed by atoms with van der Waals surface area (Å²) in [5.74, 6) is 0.498. The van der Waals surface area contributed by atoms with Crippen LogP contribution in [0.4, 0.5) is 4.39 Å². The van der Waals surface area contributed by atoms with Crippen LogP contribution in [0.25, 0.3) is 0 Å². The van der Waals surface area contributed by atoms with Crippen LogP contribution in [-0.4, -0.2) is 30.1 Å². The first kappa shape index (κ1) is 13.3. The van der Waals surface area contributed by atoms with E-state index in [1.54, 1.807) is 6.07 Å². The second kappa shape index (κ2) is 5.39. The molecule has 0 radical (unpaired) electrons. The maximum Gasteiger partial charge on any atom is 0.142 e. The van der Waals surface area contributed by atoms with E-state index in [9.17, 15) is 4.39 Å². The number of rotatable bonds is 3. The van der Waals surface area contributed by atoms with Gasteiger partial charge in [0.1, 0.15) is 5.82 Å². The van der Waals surface area contributed by atoms with E-state index in [0.29, 0.717) is 12.1 Å². The van der Waals surface area contributed by atoms with Crippen LogP contribution in [0.3, 0.4) is 0 Å². The molecule has 19 heavy (non-hydrogen) atoms. The van der Waals surface area contributed by atoms with Gasteiger partial charge in [0.05, 0.1) is 5.02 Å². The van der Waals surface area contributed by atoms with Crippen LogP contribution in [0.1, 0.15) is 25.3 Å². The third-order valence-electron chi connectivity index (χ3n) is 4.22. The largest absolute Gasteiger partial charge is 0.311 e. The average Bonchev–Trinajstić information content (AvgIpc) is 3.19. The minimum Gasteiger partial charge on any atom is -0.311 e. The van der Waals surface area contributed by atoms with Gasteiger partial charge in [0, 0.05) is 31.7 Å². The summed E-state index contributed by atoms with van der Waals surface area (Å²) in [4.78, 5) is 2.47. The van der Waals surface area contributed by atoms with Gasteiger partial charge in [-0.05, 0) is 37.3 Å². The van der Waals surface area contributed by atoms with Gasteiger partial charge in [-0.3, -0.25) is 4.90 Å². The van der Waals surface area contributed by atoms with Crippen LogP contribution in [0.5, 0.6) is 0 Å². The molecule has 1 heterocycles. The van der Waals surface area contributed by atoms with Crippen molar-refractivity contribution in [2.45, 2.75) is 38.4 Å². The molecule has 0 spiro atoms. The molecule has 1 aromatic carbocycles. The zero-order valence-electron chi connectivity index (χ0n) is 11.2. The average molecular weight is 283 g/mol. The number of hydrogen-bond acceptors (Lipinski definition) is 2. The highest BCUT2D eigenvalue weighted by Crippen LogP contribution is 2.37. The zero-order chi connectivity index (χ0) is 13.4. The van der Waals surface area contributed by atoms with E-state index in [1.165, 1.54) is 18.9 Å². The maximum atomic E-state index is 13.5. The van der Waals surface area contributed by atoms with Gasteiger partial charge in [-0.15, -0.1) is 0 Å². The van der Waals surface area contributed by atoms with Crippen LogP contribution in [0, 0.1) is 11.7 Å². The zero-order valence-corrected chi connectivity index (χ0v) is 12.0. The number of nitrogens with one attached hydrogen (secondary N) is 1. The molecule has 2 atom stereocenters. The van der Waals surface area contributed by atoms with E-state index in [-0.39, 0.29) is 10.8 Å². The van der Waals surface area contributed by atoms with Crippen molar-refractivity contribution in [3.8, 4) is 0 Å². The fourth-order valence-electron chi connectivity index (χ4n) is 3.02. The first-order valence-corrected chi connectivity index (χ1v) is 7.43. The number of piperazine rings is 1. The second-order valence-electron chi connectivity index (χ2n) is 5.86. The molecule has 0 aromatic heterocycles. The quantitative estimate of drug-likeness (QED) is 0.917. The molecule has 2 nitrogen and oxygen atoms in total. The van der Waals surface area contributed by atoms with Crippen LogP contribution < -0.4 is 5.32 Å². The van der Waals surface area contributed by atoms with Crippen molar-refractivity contribution in [2.75, 3.05) is 13.1 Å². The number of benzene rings is 1. The molecule has 2 fully saturated rings. The first-order chi connectivity index (χ1) is 9.15. The maximum absolute atomic E-state index is 13.5. The molecule has 1 saturated carbocycles. The molecule has 2 aliphatic rings. The number of nitrogens with zero attached hydrogens (tertiary/aromatic N) is 1.